The Morgan fingerprint density at radius 1 is 1.21 bits per heavy atom. The Balaban J connectivity index is 1.69. The zero-order valence-electron chi connectivity index (χ0n) is 20.0. The van der Waals surface area contributed by atoms with E-state index < -0.39 is 5.92 Å². The topological polar surface area (TPSA) is 108 Å². The molecule has 8 nitrogen and oxygen atoms in total. The molecule has 34 heavy (non-hydrogen) atoms. The van der Waals surface area contributed by atoms with Gasteiger partial charge in [-0.1, -0.05) is 43.3 Å². The van der Waals surface area contributed by atoms with Gasteiger partial charge in [-0.25, -0.2) is 0 Å². The van der Waals surface area contributed by atoms with E-state index in [4.69, 9.17) is 9.26 Å². The molecule has 182 valence electrons. The molecule has 1 unspecified atom stereocenters. The van der Waals surface area contributed by atoms with Gasteiger partial charge in [0.2, 0.25) is 0 Å². The summed E-state index contributed by atoms with van der Waals surface area (Å²) in [6.45, 7) is 10.4. The quantitative estimate of drug-likeness (QED) is 0.556. The minimum absolute atomic E-state index is 0.00862. The predicted molar refractivity (Wildman–Crippen MR) is 129 cm³/mol. The second kappa shape index (κ2) is 10.4. The molecule has 8 heteroatoms. The smallest absolute Gasteiger partial charge is 0.274 e. The van der Waals surface area contributed by atoms with Crippen LogP contribution in [0.5, 0.6) is 0 Å². The molecule has 0 radical (unpaired) electrons. The van der Waals surface area contributed by atoms with E-state index in [0.717, 1.165) is 44.0 Å². The molecule has 3 N–H and O–H groups in total. The number of allylic oxidation sites excluding steroid dienone is 3. The van der Waals surface area contributed by atoms with Crippen molar-refractivity contribution in [2.24, 2.45) is 5.92 Å². The number of benzene rings is 1. The Bertz CT molecular complexity index is 1080. The van der Waals surface area contributed by atoms with Gasteiger partial charge in [0.25, 0.3) is 5.91 Å². The third-order valence-electron chi connectivity index (χ3n) is 6.43. The first kappa shape index (κ1) is 24.0. The van der Waals surface area contributed by atoms with Crippen molar-refractivity contribution in [3.05, 3.63) is 64.5 Å². The molecule has 0 bridgehead atoms. The summed E-state index contributed by atoms with van der Waals surface area (Å²) in [5.74, 6) is -0.271. The van der Waals surface area contributed by atoms with Crippen molar-refractivity contribution in [2.45, 2.75) is 39.7 Å². The summed E-state index contributed by atoms with van der Waals surface area (Å²) in [4.78, 5) is 15.1. The molecule has 0 spiro atoms. The molecule has 1 aromatic heterocycles. The zero-order chi connectivity index (χ0) is 24.2. The summed E-state index contributed by atoms with van der Waals surface area (Å²) in [6.07, 6.45) is 1.75. The average Bonchev–Trinajstić information content (AvgIpc) is 3.25. The number of hydrogen-bond acceptors (Lipinski definition) is 7. The number of aliphatic hydroxyl groups excluding tert-OH is 2. The highest BCUT2D eigenvalue weighted by molar-refractivity contribution is 5.99. The molecule has 4 rings (SSSR count). The summed E-state index contributed by atoms with van der Waals surface area (Å²) >= 11 is 0. The van der Waals surface area contributed by atoms with E-state index in [1.807, 2.05) is 45.0 Å². The van der Waals surface area contributed by atoms with Crippen LogP contribution in [-0.4, -0.2) is 59.0 Å². The second-order valence-corrected chi connectivity index (χ2v) is 9.11. The highest BCUT2D eigenvalue weighted by Gasteiger charge is 2.34. The molecule has 2 aliphatic rings. The van der Waals surface area contributed by atoms with Gasteiger partial charge in [-0.3, -0.25) is 9.69 Å². The normalized spacial score (nSPS) is 19.4. The number of morpholine rings is 1. The molecule has 1 saturated heterocycles. The molecule has 1 fully saturated rings. The molecule has 2 aromatic rings. The number of carbonyl (C=O) groups excluding carboxylic acids is 1. The van der Waals surface area contributed by atoms with Crippen LogP contribution in [0.2, 0.25) is 0 Å². The maximum atomic E-state index is 12.8. The molecule has 1 aliphatic carbocycles. The van der Waals surface area contributed by atoms with Crippen molar-refractivity contribution < 1.29 is 24.3 Å². The van der Waals surface area contributed by atoms with Crippen LogP contribution in [0.3, 0.4) is 0 Å². The standard InChI is InChI=1S/C26H33N3O5/c1-4-27-26(32)24-23(18-7-5-17(6-8-18)15-29-9-11-33-12-10-29)25(34-28-24)20-13-19(16(2)3)21(30)14-22(20)31/h5-8,14,16,20,30-31H,4,9-13,15H2,1-3H3,(H,27,32). The van der Waals surface area contributed by atoms with E-state index in [0.29, 0.717) is 24.3 Å². The third kappa shape index (κ3) is 5.03. The molecular formula is C26H33N3O5. The van der Waals surface area contributed by atoms with Crippen molar-refractivity contribution >= 4 is 5.91 Å². The van der Waals surface area contributed by atoms with Gasteiger partial charge < -0.3 is 24.8 Å². The van der Waals surface area contributed by atoms with Crippen LogP contribution in [0.4, 0.5) is 0 Å². The van der Waals surface area contributed by atoms with Crippen LogP contribution in [0, 0.1) is 5.92 Å². The van der Waals surface area contributed by atoms with Crippen molar-refractivity contribution in [2.75, 3.05) is 32.8 Å². The van der Waals surface area contributed by atoms with Gasteiger partial charge >= 0.3 is 0 Å². The van der Waals surface area contributed by atoms with E-state index in [9.17, 15) is 15.0 Å². The van der Waals surface area contributed by atoms with E-state index in [1.165, 1.54) is 11.6 Å². The Morgan fingerprint density at radius 2 is 1.91 bits per heavy atom. The highest BCUT2D eigenvalue weighted by Crippen LogP contribution is 2.42. The fourth-order valence-corrected chi connectivity index (χ4v) is 4.53. The monoisotopic (exact) mass is 467 g/mol. The number of amides is 1. The van der Waals surface area contributed by atoms with E-state index in [2.05, 4.69) is 15.4 Å². The number of carbonyl (C=O) groups is 1. The Labute approximate surface area is 199 Å². The van der Waals surface area contributed by atoms with Crippen molar-refractivity contribution in [3.63, 3.8) is 0 Å². The summed E-state index contributed by atoms with van der Waals surface area (Å²) in [5.41, 5.74) is 3.54. The lowest BCUT2D eigenvalue weighted by atomic mass is 9.82. The van der Waals surface area contributed by atoms with Crippen LogP contribution in [0.25, 0.3) is 11.1 Å². The second-order valence-electron chi connectivity index (χ2n) is 9.11. The summed E-state index contributed by atoms with van der Waals surface area (Å²) < 4.78 is 11.1. The fraction of sp³-hybridized carbons (Fsp3) is 0.462. The van der Waals surface area contributed by atoms with Gasteiger partial charge in [0.1, 0.15) is 11.5 Å². The third-order valence-corrected chi connectivity index (χ3v) is 6.43. The number of nitrogens with one attached hydrogen (secondary N) is 1. The predicted octanol–water partition coefficient (Wildman–Crippen LogP) is 4.32. The van der Waals surface area contributed by atoms with Gasteiger partial charge in [0, 0.05) is 32.3 Å². The maximum absolute atomic E-state index is 12.8. The van der Waals surface area contributed by atoms with Crippen LogP contribution in [-0.2, 0) is 11.3 Å². The minimum atomic E-state index is -0.535. The van der Waals surface area contributed by atoms with Gasteiger partial charge in [0.15, 0.2) is 11.5 Å². The molecular weight excluding hydrogens is 434 g/mol. The summed E-state index contributed by atoms with van der Waals surface area (Å²) in [6, 6.07) is 8.03. The van der Waals surface area contributed by atoms with E-state index >= 15 is 0 Å². The maximum Gasteiger partial charge on any atom is 0.274 e. The number of nitrogens with zero attached hydrogens (tertiary/aromatic N) is 2. The minimum Gasteiger partial charge on any atom is -0.511 e. The number of ether oxygens (including phenoxy) is 1. The Hall–Kier alpha value is -3.10. The van der Waals surface area contributed by atoms with Gasteiger partial charge in [0.05, 0.1) is 24.7 Å². The number of aromatic nitrogens is 1. The molecule has 1 amide bonds. The van der Waals surface area contributed by atoms with Gasteiger partial charge in [-0.15, -0.1) is 0 Å². The SMILES string of the molecule is CCNC(=O)c1noc(C2CC(C(C)C)=C(O)C=C2O)c1-c1ccc(CN2CCOCC2)cc1. The Kier molecular flexibility index (Phi) is 7.38. The molecule has 1 aromatic carbocycles. The van der Waals surface area contributed by atoms with Crippen molar-refractivity contribution in [3.8, 4) is 11.1 Å². The number of aliphatic hydroxyl groups is 2. The van der Waals surface area contributed by atoms with Crippen molar-refractivity contribution in [1.29, 1.82) is 0 Å². The van der Waals surface area contributed by atoms with Crippen LogP contribution < -0.4 is 5.32 Å². The van der Waals surface area contributed by atoms with Gasteiger partial charge in [-0.05, 0) is 36.0 Å². The van der Waals surface area contributed by atoms with Crippen LogP contribution in [0.1, 0.15) is 54.9 Å². The molecule has 1 atom stereocenters. The van der Waals surface area contributed by atoms with Crippen LogP contribution in [0.15, 0.2) is 52.0 Å². The van der Waals surface area contributed by atoms with E-state index in [1.54, 1.807) is 0 Å². The number of hydrogen-bond donors (Lipinski definition) is 3. The average molecular weight is 468 g/mol. The van der Waals surface area contributed by atoms with Crippen molar-refractivity contribution in [1.82, 2.24) is 15.4 Å². The first-order valence-corrected chi connectivity index (χ1v) is 11.9. The lowest BCUT2D eigenvalue weighted by Crippen LogP contribution is -2.35. The largest absolute Gasteiger partial charge is 0.511 e. The fourth-order valence-electron chi connectivity index (χ4n) is 4.53. The molecule has 1 aliphatic heterocycles. The highest BCUT2D eigenvalue weighted by atomic mass is 16.5. The van der Waals surface area contributed by atoms with E-state index in [-0.39, 0.29) is 29.0 Å². The summed E-state index contributed by atoms with van der Waals surface area (Å²) in [7, 11) is 0. The first-order chi connectivity index (χ1) is 16.4. The number of rotatable bonds is 7. The van der Waals surface area contributed by atoms with Crippen LogP contribution >= 0.6 is 0 Å². The molecule has 2 heterocycles. The lowest BCUT2D eigenvalue weighted by Gasteiger charge is -2.26. The Morgan fingerprint density at radius 3 is 2.56 bits per heavy atom. The zero-order valence-corrected chi connectivity index (χ0v) is 20.0. The van der Waals surface area contributed by atoms with Gasteiger partial charge in [-0.2, -0.15) is 0 Å². The molecule has 0 saturated carbocycles. The first-order valence-electron chi connectivity index (χ1n) is 11.9. The lowest BCUT2D eigenvalue weighted by molar-refractivity contribution is 0.0342. The summed E-state index contributed by atoms with van der Waals surface area (Å²) in [5, 5.41) is 27.9.